The molecule has 0 radical (unpaired) electrons. The van der Waals surface area contributed by atoms with Crippen LogP contribution < -0.4 is 11.1 Å². The van der Waals surface area contributed by atoms with Crippen LogP contribution in [0.25, 0.3) is 10.4 Å². The summed E-state index contributed by atoms with van der Waals surface area (Å²) in [6.07, 6.45) is 0. The molecule has 0 spiro atoms. The number of nitrogens with two attached hydrogens (primary N) is 1. The first-order chi connectivity index (χ1) is 12.5. The highest BCUT2D eigenvalue weighted by molar-refractivity contribution is 7.17. The van der Waals surface area contributed by atoms with Crippen LogP contribution in [0.2, 0.25) is 0 Å². The van der Waals surface area contributed by atoms with Gasteiger partial charge in [0, 0.05) is 21.7 Å². The standard InChI is InChI=1S/C20H15N3O2S/c1-12-6-7-13(19(22)24)10-16(12)23-20(25)18-9-8-17(26-18)15-5-3-2-4-14(15)11-21/h2-10H,1H3,(H2,22,24)(H,23,25). The number of primary amides is 1. The van der Waals surface area contributed by atoms with Crippen molar-refractivity contribution in [1.29, 1.82) is 5.26 Å². The van der Waals surface area contributed by atoms with E-state index < -0.39 is 5.91 Å². The molecule has 0 atom stereocenters. The molecule has 3 aromatic rings. The van der Waals surface area contributed by atoms with Crippen LogP contribution in [0.4, 0.5) is 5.69 Å². The third-order valence-corrected chi connectivity index (χ3v) is 5.03. The highest BCUT2D eigenvalue weighted by atomic mass is 32.1. The van der Waals surface area contributed by atoms with Gasteiger partial charge in [-0.1, -0.05) is 24.3 Å². The number of hydrogen-bond donors (Lipinski definition) is 2. The molecule has 0 unspecified atom stereocenters. The highest BCUT2D eigenvalue weighted by Gasteiger charge is 2.14. The summed E-state index contributed by atoms with van der Waals surface area (Å²) in [5.41, 5.74) is 8.36. The second-order valence-electron chi connectivity index (χ2n) is 5.67. The molecular weight excluding hydrogens is 346 g/mol. The Morgan fingerprint density at radius 1 is 1.12 bits per heavy atom. The van der Waals surface area contributed by atoms with Crippen LogP contribution in [-0.4, -0.2) is 11.8 Å². The molecule has 0 aliphatic heterocycles. The van der Waals surface area contributed by atoms with Crippen LogP contribution in [-0.2, 0) is 0 Å². The quantitative estimate of drug-likeness (QED) is 0.736. The number of amides is 2. The summed E-state index contributed by atoms with van der Waals surface area (Å²) < 4.78 is 0. The van der Waals surface area contributed by atoms with Gasteiger partial charge in [-0.2, -0.15) is 5.26 Å². The van der Waals surface area contributed by atoms with Gasteiger partial charge in [-0.25, -0.2) is 0 Å². The molecule has 1 aromatic heterocycles. The first kappa shape index (κ1) is 17.4. The monoisotopic (exact) mass is 361 g/mol. The minimum Gasteiger partial charge on any atom is -0.366 e. The fraction of sp³-hybridized carbons (Fsp3) is 0.0500. The predicted molar refractivity (Wildman–Crippen MR) is 102 cm³/mol. The Morgan fingerprint density at radius 2 is 1.88 bits per heavy atom. The molecule has 0 fully saturated rings. The SMILES string of the molecule is Cc1ccc(C(N)=O)cc1NC(=O)c1ccc(-c2ccccc2C#N)s1. The number of nitriles is 1. The fourth-order valence-corrected chi connectivity index (χ4v) is 3.43. The molecule has 1 heterocycles. The van der Waals surface area contributed by atoms with Gasteiger partial charge >= 0.3 is 0 Å². The molecule has 6 heteroatoms. The van der Waals surface area contributed by atoms with Crippen molar-refractivity contribution in [1.82, 2.24) is 0 Å². The topological polar surface area (TPSA) is 96.0 Å². The van der Waals surface area contributed by atoms with E-state index in [1.165, 1.54) is 11.3 Å². The third-order valence-electron chi connectivity index (χ3n) is 3.91. The number of hydrogen-bond acceptors (Lipinski definition) is 4. The van der Waals surface area contributed by atoms with Crippen molar-refractivity contribution < 1.29 is 9.59 Å². The second-order valence-corrected chi connectivity index (χ2v) is 6.75. The summed E-state index contributed by atoms with van der Waals surface area (Å²) >= 11 is 1.30. The molecule has 0 bridgehead atoms. The molecule has 5 nitrogen and oxygen atoms in total. The van der Waals surface area contributed by atoms with E-state index in [0.717, 1.165) is 16.0 Å². The molecule has 0 saturated carbocycles. The number of aryl methyl sites for hydroxylation is 1. The molecule has 26 heavy (non-hydrogen) atoms. The van der Waals surface area contributed by atoms with Gasteiger partial charge in [-0.3, -0.25) is 9.59 Å². The lowest BCUT2D eigenvalue weighted by Gasteiger charge is -2.08. The molecule has 2 amide bonds. The fourth-order valence-electron chi connectivity index (χ4n) is 2.49. The van der Waals surface area contributed by atoms with Gasteiger partial charge < -0.3 is 11.1 Å². The van der Waals surface area contributed by atoms with E-state index >= 15 is 0 Å². The van der Waals surface area contributed by atoms with Crippen LogP contribution in [0.3, 0.4) is 0 Å². The molecule has 2 aromatic carbocycles. The van der Waals surface area contributed by atoms with E-state index in [1.54, 1.807) is 36.4 Å². The number of rotatable bonds is 4. The van der Waals surface area contributed by atoms with Gasteiger partial charge in [-0.05, 0) is 42.8 Å². The van der Waals surface area contributed by atoms with E-state index in [9.17, 15) is 14.9 Å². The Kier molecular flexibility index (Phi) is 4.83. The summed E-state index contributed by atoms with van der Waals surface area (Å²) in [4.78, 5) is 25.2. The summed E-state index contributed by atoms with van der Waals surface area (Å²) in [7, 11) is 0. The first-order valence-electron chi connectivity index (χ1n) is 7.80. The van der Waals surface area contributed by atoms with Gasteiger partial charge in [0.05, 0.1) is 16.5 Å². The summed E-state index contributed by atoms with van der Waals surface area (Å²) in [6.45, 7) is 1.84. The Hall–Kier alpha value is -3.43. The number of carbonyl (C=O) groups is 2. The smallest absolute Gasteiger partial charge is 0.265 e. The maximum atomic E-state index is 12.6. The summed E-state index contributed by atoms with van der Waals surface area (Å²) in [5.74, 6) is -0.826. The summed E-state index contributed by atoms with van der Waals surface area (Å²) in [6, 6.07) is 17.9. The third kappa shape index (κ3) is 3.48. The minimum absolute atomic E-state index is 0.277. The van der Waals surface area contributed by atoms with E-state index in [4.69, 9.17) is 5.73 Å². The van der Waals surface area contributed by atoms with Crippen molar-refractivity contribution in [3.8, 4) is 16.5 Å². The molecule has 128 valence electrons. The van der Waals surface area contributed by atoms with Crippen LogP contribution in [0, 0.1) is 18.3 Å². The zero-order valence-electron chi connectivity index (χ0n) is 13.9. The van der Waals surface area contributed by atoms with Gasteiger partial charge in [0.2, 0.25) is 5.91 Å². The lowest BCUT2D eigenvalue weighted by Crippen LogP contribution is -2.14. The number of nitrogens with zero attached hydrogens (tertiary/aromatic N) is 1. The average Bonchev–Trinajstić information content (AvgIpc) is 3.13. The average molecular weight is 361 g/mol. The van der Waals surface area contributed by atoms with E-state index in [0.29, 0.717) is 21.7 Å². The Balaban J connectivity index is 1.87. The second kappa shape index (κ2) is 7.21. The zero-order valence-corrected chi connectivity index (χ0v) is 14.8. The van der Waals surface area contributed by atoms with Crippen molar-refractivity contribution in [2.24, 2.45) is 5.73 Å². The number of benzene rings is 2. The maximum absolute atomic E-state index is 12.6. The molecule has 3 rings (SSSR count). The summed E-state index contributed by atoms with van der Waals surface area (Å²) in [5, 5.41) is 12.0. The largest absolute Gasteiger partial charge is 0.366 e. The maximum Gasteiger partial charge on any atom is 0.265 e. The molecule has 3 N–H and O–H groups in total. The number of carbonyl (C=O) groups excluding carboxylic acids is 2. The van der Waals surface area contributed by atoms with Gasteiger partial charge in [0.1, 0.15) is 0 Å². The normalized spacial score (nSPS) is 10.2. The number of nitrogens with one attached hydrogen (secondary N) is 1. The number of anilines is 1. The number of thiophene rings is 1. The Labute approximate surface area is 154 Å². The van der Waals surface area contributed by atoms with E-state index in [2.05, 4.69) is 11.4 Å². The zero-order chi connectivity index (χ0) is 18.7. The van der Waals surface area contributed by atoms with Crippen molar-refractivity contribution >= 4 is 28.8 Å². The lowest BCUT2D eigenvalue weighted by molar-refractivity contribution is 0.0996. The molecule has 0 aliphatic rings. The van der Waals surface area contributed by atoms with Crippen molar-refractivity contribution in [2.45, 2.75) is 6.92 Å². The first-order valence-corrected chi connectivity index (χ1v) is 8.62. The van der Waals surface area contributed by atoms with Crippen molar-refractivity contribution in [2.75, 3.05) is 5.32 Å². The lowest BCUT2D eigenvalue weighted by atomic mass is 10.1. The van der Waals surface area contributed by atoms with E-state index in [-0.39, 0.29) is 5.91 Å². The van der Waals surface area contributed by atoms with Gasteiger partial charge in [-0.15, -0.1) is 11.3 Å². The molecule has 0 saturated heterocycles. The Bertz CT molecular complexity index is 1050. The van der Waals surface area contributed by atoms with Gasteiger partial charge in [0.25, 0.3) is 5.91 Å². The predicted octanol–water partition coefficient (Wildman–Crippen LogP) is 3.95. The highest BCUT2D eigenvalue weighted by Crippen LogP contribution is 2.31. The van der Waals surface area contributed by atoms with Crippen LogP contribution in [0.1, 0.15) is 31.2 Å². The molecule has 0 aliphatic carbocycles. The van der Waals surface area contributed by atoms with Crippen LogP contribution >= 0.6 is 11.3 Å². The molecular formula is C20H15N3O2S. The van der Waals surface area contributed by atoms with E-state index in [1.807, 2.05) is 25.1 Å². The minimum atomic E-state index is -0.549. The van der Waals surface area contributed by atoms with Gasteiger partial charge in [0.15, 0.2) is 0 Å². The van der Waals surface area contributed by atoms with Crippen molar-refractivity contribution in [3.63, 3.8) is 0 Å². The van der Waals surface area contributed by atoms with Crippen LogP contribution in [0.5, 0.6) is 0 Å². The Morgan fingerprint density at radius 3 is 2.62 bits per heavy atom. The van der Waals surface area contributed by atoms with Crippen LogP contribution in [0.15, 0.2) is 54.6 Å². The van der Waals surface area contributed by atoms with Crippen molar-refractivity contribution in [3.05, 3.63) is 76.2 Å².